The molecule has 202 valence electrons. The number of rotatable bonds is 14. The number of nitrogens with zero attached hydrogens (tertiary/aromatic N) is 3. The number of aromatic nitrogens is 3. The van der Waals surface area contributed by atoms with Crippen LogP contribution in [0.4, 0.5) is 0 Å². The molecule has 11 atom stereocenters. The smallest absolute Gasteiger partial charge is 0.108 e. The van der Waals surface area contributed by atoms with E-state index in [4.69, 9.17) is 4.74 Å². The summed E-state index contributed by atoms with van der Waals surface area (Å²) in [7, 11) is 0. The normalized spacial score (nSPS) is 35.6. The number of aliphatic hydroxyl groups excluding tert-OH is 6. The average molecular weight is 518 g/mol. The second-order valence-corrected chi connectivity index (χ2v) is 11.7. The number of thioether (sulfide) groups is 1. The molecule has 3 rings (SSSR count). The second kappa shape index (κ2) is 13.1. The Labute approximate surface area is 211 Å². The molecule has 0 amide bonds. The third-order valence-corrected chi connectivity index (χ3v) is 9.35. The third kappa shape index (κ3) is 6.95. The molecule has 2 aliphatic carbocycles. The van der Waals surface area contributed by atoms with Crippen LogP contribution >= 0.6 is 11.8 Å². The molecule has 1 aromatic rings. The molecule has 0 spiro atoms. The molecule has 2 aliphatic rings. The van der Waals surface area contributed by atoms with E-state index in [1.807, 2.05) is 13.1 Å². The predicted molar refractivity (Wildman–Crippen MR) is 131 cm³/mol. The Hall–Kier alpha value is -0.790. The standard InChI is InChI=1S/C24H43N3O7S/c1-4-5-15-6-19(29)17(15)8-27-7-16(25-26-27)11-34-10-13(2)14(3)12-35-24(33)20-21(30)18(9-28)22(31)23(20)32/h7,13-15,17-24,28-33H,4-6,8-12H2,1-3H3. The topological polar surface area (TPSA) is 161 Å². The highest BCUT2D eigenvalue weighted by atomic mass is 32.2. The van der Waals surface area contributed by atoms with Gasteiger partial charge in [-0.3, -0.25) is 4.68 Å². The summed E-state index contributed by atoms with van der Waals surface area (Å²) in [6, 6.07) is 0. The molecule has 10 nitrogen and oxygen atoms in total. The second-order valence-electron chi connectivity index (χ2n) is 10.5. The van der Waals surface area contributed by atoms with Gasteiger partial charge in [-0.05, 0) is 29.9 Å². The zero-order valence-electron chi connectivity index (χ0n) is 20.9. The van der Waals surface area contributed by atoms with Gasteiger partial charge in [-0.15, -0.1) is 16.9 Å². The maximum Gasteiger partial charge on any atom is 0.108 e. The van der Waals surface area contributed by atoms with E-state index in [0.29, 0.717) is 31.4 Å². The Bertz CT molecular complexity index is 769. The van der Waals surface area contributed by atoms with Crippen LogP contribution in [0.1, 0.15) is 45.7 Å². The van der Waals surface area contributed by atoms with Gasteiger partial charge < -0.3 is 35.4 Å². The van der Waals surface area contributed by atoms with Gasteiger partial charge in [-0.2, -0.15) is 0 Å². The minimum atomic E-state index is -1.28. The Balaban J connectivity index is 1.37. The molecule has 0 bridgehead atoms. The van der Waals surface area contributed by atoms with Crippen molar-refractivity contribution < 1.29 is 35.4 Å². The van der Waals surface area contributed by atoms with Crippen molar-refractivity contribution in [3.8, 4) is 0 Å². The van der Waals surface area contributed by atoms with Crippen LogP contribution in [0, 0.1) is 35.5 Å². The average Bonchev–Trinajstić information content (AvgIpc) is 3.36. The lowest BCUT2D eigenvalue weighted by Gasteiger charge is -2.41. The third-order valence-electron chi connectivity index (χ3n) is 7.98. The summed E-state index contributed by atoms with van der Waals surface area (Å²) in [4.78, 5) is 0. The molecule has 11 unspecified atom stereocenters. The first-order valence-electron chi connectivity index (χ1n) is 12.8. The van der Waals surface area contributed by atoms with E-state index in [0.717, 1.165) is 25.0 Å². The number of hydrogen-bond donors (Lipinski definition) is 6. The van der Waals surface area contributed by atoms with E-state index in [-0.39, 0.29) is 23.9 Å². The zero-order chi connectivity index (χ0) is 25.7. The van der Waals surface area contributed by atoms with Crippen molar-refractivity contribution in [3.63, 3.8) is 0 Å². The maximum absolute atomic E-state index is 10.5. The van der Waals surface area contributed by atoms with Crippen LogP contribution in [0.25, 0.3) is 0 Å². The lowest BCUT2D eigenvalue weighted by atomic mass is 9.69. The molecule has 0 saturated heterocycles. The van der Waals surface area contributed by atoms with Crippen LogP contribution in [0.2, 0.25) is 0 Å². The fourth-order valence-electron chi connectivity index (χ4n) is 5.22. The quantitative estimate of drug-likeness (QED) is 0.189. The van der Waals surface area contributed by atoms with E-state index in [9.17, 15) is 30.6 Å². The fourth-order valence-corrected chi connectivity index (χ4v) is 6.60. The van der Waals surface area contributed by atoms with Gasteiger partial charge in [0, 0.05) is 30.9 Å². The molecule has 0 aliphatic heterocycles. The van der Waals surface area contributed by atoms with Crippen LogP contribution in [0.3, 0.4) is 0 Å². The van der Waals surface area contributed by atoms with Crippen LogP contribution < -0.4 is 0 Å². The van der Waals surface area contributed by atoms with Crippen molar-refractivity contribution >= 4 is 11.8 Å². The van der Waals surface area contributed by atoms with Crippen LogP contribution in [0.15, 0.2) is 6.20 Å². The first-order chi connectivity index (χ1) is 16.7. The van der Waals surface area contributed by atoms with Crippen molar-refractivity contribution in [2.75, 3.05) is 19.0 Å². The summed E-state index contributed by atoms with van der Waals surface area (Å²) in [6.45, 7) is 7.35. The Morgan fingerprint density at radius 1 is 1.11 bits per heavy atom. The molecular formula is C24H43N3O7S. The summed E-state index contributed by atoms with van der Waals surface area (Å²) < 4.78 is 7.64. The van der Waals surface area contributed by atoms with Crippen molar-refractivity contribution in [2.45, 2.75) is 83.0 Å². The fraction of sp³-hybridized carbons (Fsp3) is 0.917. The molecule has 1 aromatic heterocycles. The molecule has 35 heavy (non-hydrogen) atoms. The van der Waals surface area contributed by atoms with Crippen molar-refractivity contribution in [3.05, 3.63) is 11.9 Å². The highest BCUT2D eigenvalue weighted by molar-refractivity contribution is 7.99. The first-order valence-corrected chi connectivity index (χ1v) is 13.8. The van der Waals surface area contributed by atoms with E-state index >= 15 is 0 Å². The van der Waals surface area contributed by atoms with Gasteiger partial charge in [-0.1, -0.05) is 38.8 Å². The number of hydrogen-bond acceptors (Lipinski definition) is 10. The molecule has 6 N–H and O–H groups in total. The number of aliphatic hydroxyl groups is 6. The summed E-state index contributed by atoms with van der Waals surface area (Å²) in [5.41, 5.74) is -0.306. The van der Waals surface area contributed by atoms with E-state index in [1.54, 1.807) is 4.68 Å². The SMILES string of the molecule is CCCC1CC(O)C1Cn1cc(COCC(C)C(C)CSC(O)C2C(O)C(O)C(CO)C2O)nn1. The molecule has 11 heteroatoms. The predicted octanol–water partition coefficient (Wildman–Crippen LogP) is 0.237. The zero-order valence-corrected chi connectivity index (χ0v) is 21.7. The Morgan fingerprint density at radius 2 is 1.86 bits per heavy atom. The van der Waals surface area contributed by atoms with Gasteiger partial charge in [-0.25, -0.2) is 0 Å². The minimum absolute atomic E-state index is 0.190. The minimum Gasteiger partial charge on any atom is -0.396 e. The van der Waals surface area contributed by atoms with Crippen molar-refractivity contribution in [1.29, 1.82) is 0 Å². The van der Waals surface area contributed by atoms with Crippen LogP contribution in [-0.4, -0.2) is 94.5 Å². The van der Waals surface area contributed by atoms with E-state index < -0.39 is 42.2 Å². The highest BCUT2D eigenvalue weighted by Gasteiger charge is 2.51. The van der Waals surface area contributed by atoms with Gasteiger partial charge in [0.05, 0.1) is 43.8 Å². The maximum atomic E-state index is 10.5. The summed E-state index contributed by atoms with van der Waals surface area (Å²) >= 11 is 1.22. The summed E-state index contributed by atoms with van der Waals surface area (Å²) in [6.07, 6.45) is 1.05. The molecule has 0 aromatic carbocycles. The highest BCUT2D eigenvalue weighted by Crippen LogP contribution is 2.39. The van der Waals surface area contributed by atoms with E-state index in [2.05, 4.69) is 24.2 Å². The summed E-state index contributed by atoms with van der Waals surface area (Å²) in [5, 5.41) is 68.7. The van der Waals surface area contributed by atoms with Crippen LogP contribution in [0.5, 0.6) is 0 Å². The Kier molecular flexibility index (Phi) is 10.8. The van der Waals surface area contributed by atoms with Gasteiger partial charge in [0.15, 0.2) is 0 Å². The van der Waals surface area contributed by atoms with Gasteiger partial charge >= 0.3 is 0 Å². The molecule has 0 radical (unpaired) electrons. The van der Waals surface area contributed by atoms with Crippen LogP contribution in [-0.2, 0) is 17.9 Å². The Morgan fingerprint density at radius 3 is 2.49 bits per heavy atom. The molecule has 2 saturated carbocycles. The van der Waals surface area contributed by atoms with Crippen molar-refractivity contribution in [2.24, 2.45) is 35.5 Å². The molecule has 2 fully saturated rings. The largest absolute Gasteiger partial charge is 0.396 e. The van der Waals surface area contributed by atoms with Gasteiger partial charge in [0.2, 0.25) is 0 Å². The first kappa shape index (κ1) is 28.8. The lowest BCUT2D eigenvalue weighted by molar-refractivity contribution is -0.0473. The van der Waals surface area contributed by atoms with E-state index in [1.165, 1.54) is 11.8 Å². The lowest BCUT2D eigenvalue weighted by Crippen LogP contribution is -2.43. The van der Waals surface area contributed by atoms with Gasteiger partial charge in [0.25, 0.3) is 0 Å². The monoisotopic (exact) mass is 517 g/mol. The molecular weight excluding hydrogens is 474 g/mol. The van der Waals surface area contributed by atoms with Crippen molar-refractivity contribution in [1.82, 2.24) is 15.0 Å². The molecule has 1 heterocycles. The van der Waals surface area contributed by atoms with Gasteiger partial charge in [0.1, 0.15) is 11.1 Å². The summed E-state index contributed by atoms with van der Waals surface area (Å²) in [5.74, 6) is -0.00634. The number of ether oxygens (including phenoxy) is 1.